The lowest BCUT2D eigenvalue weighted by molar-refractivity contribution is -0.135. The van der Waals surface area contributed by atoms with Crippen molar-refractivity contribution in [3.05, 3.63) is 29.8 Å². The summed E-state index contributed by atoms with van der Waals surface area (Å²) in [6, 6.07) is 7.56. The second kappa shape index (κ2) is 11.4. The molecular formula is C27H40N2O4. The van der Waals surface area contributed by atoms with Gasteiger partial charge in [-0.25, -0.2) is 0 Å². The summed E-state index contributed by atoms with van der Waals surface area (Å²) in [7, 11) is 1.81. The molecule has 3 aliphatic rings. The van der Waals surface area contributed by atoms with Crippen molar-refractivity contribution < 1.29 is 19.1 Å². The fraction of sp³-hybridized carbons (Fsp3) is 0.704. The van der Waals surface area contributed by atoms with E-state index in [1.807, 2.05) is 31.3 Å². The molecule has 0 radical (unpaired) electrons. The van der Waals surface area contributed by atoms with Crippen molar-refractivity contribution in [3.63, 3.8) is 0 Å². The number of likely N-dealkylation sites (tertiary alicyclic amines) is 1. The summed E-state index contributed by atoms with van der Waals surface area (Å²) in [5.74, 6) is 1.56. The Labute approximate surface area is 198 Å². The number of likely N-dealkylation sites (N-methyl/N-ethyl adjacent to an activating group) is 1. The maximum Gasteiger partial charge on any atom is 0.257 e. The SMILES string of the molecule is CN1CCOCCCCC2(CCN(C(=O)CC3CCCC3)CC2)COc2ccccc2C1=O. The zero-order valence-corrected chi connectivity index (χ0v) is 20.2. The van der Waals surface area contributed by atoms with Crippen LogP contribution in [0.1, 0.15) is 74.6 Å². The zero-order chi connectivity index (χ0) is 23.1. The molecule has 2 amide bonds. The molecule has 6 nitrogen and oxygen atoms in total. The minimum Gasteiger partial charge on any atom is -0.492 e. The number of fused-ring (bicyclic) bond motifs is 1. The van der Waals surface area contributed by atoms with Crippen LogP contribution in [-0.2, 0) is 9.53 Å². The van der Waals surface area contributed by atoms with Gasteiger partial charge in [0.25, 0.3) is 5.91 Å². The summed E-state index contributed by atoms with van der Waals surface area (Å²) in [4.78, 5) is 29.6. The van der Waals surface area contributed by atoms with E-state index in [1.165, 1.54) is 25.7 Å². The average molecular weight is 457 g/mol. The molecule has 2 heterocycles. The van der Waals surface area contributed by atoms with Crippen molar-refractivity contribution in [1.82, 2.24) is 9.80 Å². The van der Waals surface area contributed by atoms with Crippen LogP contribution in [-0.4, -0.2) is 68.1 Å². The third-order valence-electron chi connectivity index (χ3n) is 7.93. The fourth-order valence-electron chi connectivity index (χ4n) is 5.60. The van der Waals surface area contributed by atoms with Crippen LogP contribution < -0.4 is 4.74 Å². The van der Waals surface area contributed by atoms with Gasteiger partial charge in [-0.05, 0) is 56.6 Å². The number of hydrogen-bond acceptors (Lipinski definition) is 4. The molecule has 0 N–H and O–H groups in total. The van der Waals surface area contributed by atoms with E-state index < -0.39 is 0 Å². The Morgan fingerprint density at radius 2 is 1.76 bits per heavy atom. The summed E-state index contributed by atoms with van der Waals surface area (Å²) >= 11 is 0. The molecule has 0 atom stereocenters. The lowest BCUT2D eigenvalue weighted by Crippen LogP contribution is -2.46. The molecule has 1 spiro atoms. The number of rotatable bonds is 2. The number of piperidine rings is 1. The average Bonchev–Trinajstić information content (AvgIpc) is 3.35. The van der Waals surface area contributed by atoms with E-state index in [2.05, 4.69) is 4.90 Å². The third kappa shape index (κ3) is 6.28. The number of ether oxygens (including phenoxy) is 2. The highest BCUT2D eigenvalue weighted by atomic mass is 16.5. The molecule has 0 aromatic heterocycles. The minimum atomic E-state index is -0.0346. The van der Waals surface area contributed by atoms with Gasteiger partial charge in [-0.3, -0.25) is 9.59 Å². The van der Waals surface area contributed by atoms with Crippen LogP contribution in [0.3, 0.4) is 0 Å². The van der Waals surface area contributed by atoms with Gasteiger partial charge < -0.3 is 19.3 Å². The molecular weight excluding hydrogens is 416 g/mol. The fourth-order valence-corrected chi connectivity index (χ4v) is 5.60. The summed E-state index contributed by atoms with van der Waals surface area (Å²) in [5, 5.41) is 0. The first-order valence-corrected chi connectivity index (χ1v) is 12.9. The highest BCUT2D eigenvalue weighted by Crippen LogP contribution is 2.39. The molecule has 6 heteroatoms. The van der Waals surface area contributed by atoms with E-state index in [9.17, 15) is 9.59 Å². The topological polar surface area (TPSA) is 59.1 Å². The molecule has 2 fully saturated rings. The predicted molar refractivity (Wildman–Crippen MR) is 128 cm³/mol. The third-order valence-corrected chi connectivity index (χ3v) is 7.93. The maximum absolute atomic E-state index is 13.0. The molecule has 182 valence electrons. The Hall–Kier alpha value is -2.08. The number of nitrogens with zero attached hydrogens (tertiary/aromatic N) is 2. The van der Waals surface area contributed by atoms with Gasteiger partial charge in [-0.1, -0.05) is 31.4 Å². The zero-order valence-electron chi connectivity index (χ0n) is 20.2. The Balaban J connectivity index is 1.43. The molecule has 4 rings (SSSR count). The largest absolute Gasteiger partial charge is 0.492 e. The van der Waals surface area contributed by atoms with E-state index >= 15 is 0 Å². The Morgan fingerprint density at radius 1 is 1.00 bits per heavy atom. The van der Waals surface area contributed by atoms with E-state index in [0.29, 0.717) is 42.9 Å². The Bertz CT molecular complexity index is 797. The van der Waals surface area contributed by atoms with Crippen molar-refractivity contribution in [2.45, 2.75) is 64.2 Å². The van der Waals surface area contributed by atoms with Gasteiger partial charge in [0.2, 0.25) is 5.91 Å². The maximum atomic E-state index is 13.0. The molecule has 1 aromatic rings. The lowest BCUT2D eigenvalue weighted by atomic mass is 9.75. The van der Waals surface area contributed by atoms with E-state index in [-0.39, 0.29) is 11.3 Å². The summed E-state index contributed by atoms with van der Waals surface area (Å²) in [6.45, 7) is 4.06. The molecule has 1 aliphatic carbocycles. The second-order valence-electron chi connectivity index (χ2n) is 10.3. The van der Waals surface area contributed by atoms with E-state index in [1.54, 1.807) is 4.90 Å². The van der Waals surface area contributed by atoms with Gasteiger partial charge in [0.1, 0.15) is 5.75 Å². The molecule has 2 aliphatic heterocycles. The van der Waals surface area contributed by atoms with Crippen molar-refractivity contribution in [1.29, 1.82) is 0 Å². The number of carbonyl (C=O) groups is 2. The predicted octanol–water partition coefficient (Wildman–Crippen LogP) is 4.53. The van der Waals surface area contributed by atoms with Gasteiger partial charge in [-0.2, -0.15) is 0 Å². The lowest BCUT2D eigenvalue weighted by Gasteiger charge is -2.42. The highest BCUT2D eigenvalue weighted by molar-refractivity contribution is 5.96. The summed E-state index contributed by atoms with van der Waals surface area (Å²) < 4.78 is 12.2. The van der Waals surface area contributed by atoms with Gasteiger partial charge in [-0.15, -0.1) is 0 Å². The number of benzene rings is 1. The first-order chi connectivity index (χ1) is 16.1. The standard InChI is InChI=1S/C27H40N2O4/c1-28-17-19-32-18-7-6-12-27(21-33-24-11-5-4-10-23(24)26(28)31)13-15-29(16-14-27)25(30)20-22-8-2-3-9-22/h4-5,10-11,22H,2-3,6-9,12-21H2,1H3. The van der Waals surface area contributed by atoms with Crippen LogP contribution in [0.25, 0.3) is 0 Å². The normalized spacial score (nSPS) is 23.1. The molecule has 1 saturated carbocycles. The smallest absolute Gasteiger partial charge is 0.257 e. The first-order valence-electron chi connectivity index (χ1n) is 12.9. The van der Waals surface area contributed by atoms with Gasteiger partial charge >= 0.3 is 0 Å². The molecule has 0 bridgehead atoms. The van der Waals surface area contributed by atoms with Crippen molar-refractivity contribution in [2.75, 3.05) is 46.5 Å². The number of carbonyl (C=O) groups excluding carboxylic acids is 2. The van der Waals surface area contributed by atoms with Gasteiger partial charge in [0.05, 0.1) is 18.8 Å². The summed E-state index contributed by atoms with van der Waals surface area (Å²) in [5.41, 5.74) is 0.646. The monoisotopic (exact) mass is 456 g/mol. The molecule has 1 aromatic carbocycles. The first kappa shape index (κ1) is 24.1. The highest BCUT2D eigenvalue weighted by Gasteiger charge is 2.37. The molecule has 0 unspecified atom stereocenters. The number of para-hydroxylation sites is 1. The Kier molecular flexibility index (Phi) is 8.29. The van der Waals surface area contributed by atoms with Crippen LogP contribution >= 0.6 is 0 Å². The van der Waals surface area contributed by atoms with Crippen molar-refractivity contribution >= 4 is 11.8 Å². The number of amides is 2. The van der Waals surface area contributed by atoms with E-state index in [0.717, 1.165) is 58.2 Å². The van der Waals surface area contributed by atoms with Crippen LogP contribution in [0.4, 0.5) is 0 Å². The van der Waals surface area contributed by atoms with Crippen molar-refractivity contribution in [2.24, 2.45) is 11.3 Å². The van der Waals surface area contributed by atoms with Crippen LogP contribution in [0.2, 0.25) is 0 Å². The number of hydrogen-bond donors (Lipinski definition) is 0. The van der Waals surface area contributed by atoms with Gasteiger partial charge in [0.15, 0.2) is 0 Å². The second-order valence-corrected chi connectivity index (χ2v) is 10.3. The van der Waals surface area contributed by atoms with Gasteiger partial charge in [0, 0.05) is 45.1 Å². The van der Waals surface area contributed by atoms with Crippen molar-refractivity contribution in [3.8, 4) is 5.75 Å². The van der Waals surface area contributed by atoms with Crippen LogP contribution in [0, 0.1) is 11.3 Å². The van der Waals surface area contributed by atoms with E-state index in [4.69, 9.17) is 9.47 Å². The molecule has 1 saturated heterocycles. The Morgan fingerprint density at radius 3 is 2.55 bits per heavy atom. The minimum absolute atomic E-state index is 0.0346. The summed E-state index contributed by atoms with van der Waals surface area (Å²) in [6.07, 6.45) is 10.8. The van der Waals surface area contributed by atoms with Crippen LogP contribution in [0.5, 0.6) is 5.75 Å². The van der Waals surface area contributed by atoms with Crippen LogP contribution in [0.15, 0.2) is 24.3 Å². The molecule has 33 heavy (non-hydrogen) atoms. The quantitative estimate of drug-likeness (QED) is 0.656.